The Morgan fingerprint density at radius 2 is 2.05 bits per heavy atom. The number of nitrogens with zero attached hydrogens (tertiary/aromatic N) is 2. The Kier molecular flexibility index (Phi) is 5.38. The monoisotopic (exact) mass is 258 g/mol. The lowest BCUT2D eigenvalue weighted by atomic mass is 10.0. The molecular formula is C14H14N2O3. The Balaban J connectivity index is 3.19. The fourth-order valence-electron chi connectivity index (χ4n) is 1.53. The molecule has 0 aliphatic carbocycles. The van der Waals surface area contributed by atoms with E-state index in [4.69, 9.17) is 5.53 Å². The quantitative estimate of drug-likeness (QED) is 0.203. The molecule has 0 aliphatic rings. The van der Waals surface area contributed by atoms with Gasteiger partial charge in [0.2, 0.25) is 0 Å². The molecule has 0 aromatic heterocycles. The normalized spacial score (nSPS) is 10.0. The van der Waals surface area contributed by atoms with Gasteiger partial charge in [0.25, 0.3) is 5.78 Å². The number of benzene rings is 1. The van der Waals surface area contributed by atoms with E-state index in [9.17, 15) is 9.59 Å². The highest BCUT2D eigenvalue weighted by Crippen LogP contribution is 2.12. The Labute approximate surface area is 111 Å². The zero-order valence-corrected chi connectivity index (χ0v) is 10.8. The van der Waals surface area contributed by atoms with E-state index in [2.05, 4.69) is 9.53 Å². The molecule has 98 valence electrons. The van der Waals surface area contributed by atoms with E-state index in [0.29, 0.717) is 5.56 Å². The molecule has 0 aliphatic heterocycles. The van der Waals surface area contributed by atoms with Crippen LogP contribution in [0.2, 0.25) is 0 Å². The fraction of sp³-hybridized carbons (Fsp3) is 0.214. The lowest BCUT2D eigenvalue weighted by Crippen LogP contribution is -2.28. The second-order valence-corrected chi connectivity index (χ2v) is 3.59. The van der Waals surface area contributed by atoms with Crippen molar-refractivity contribution >= 4 is 23.5 Å². The summed E-state index contributed by atoms with van der Waals surface area (Å²) >= 11 is 0. The van der Waals surface area contributed by atoms with Crippen molar-refractivity contribution in [2.45, 2.75) is 13.8 Å². The summed E-state index contributed by atoms with van der Waals surface area (Å²) in [6, 6.07) is 6.72. The minimum atomic E-state index is -0.940. The van der Waals surface area contributed by atoms with Crippen molar-refractivity contribution in [1.82, 2.24) is 0 Å². The maximum Gasteiger partial charge on any atom is 0.446 e. The van der Waals surface area contributed by atoms with E-state index in [1.54, 1.807) is 43.3 Å². The van der Waals surface area contributed by atoms with Gasteiger partial charge in [-0.1, -0.05) is 36.4 Å². The Bertz CT molecular complexity index is 570. The number of esters is 1. The van der Waals surface area contributed by atoms with Crippen LogP contribution in [0.4, 0.5) is 0 Å². The van der Waals surface area contributed by atoms with Gasteiger partial charge in [0.1, 0.15) is 0 Å². The van der Waals surface area contributed by atoms with E-state index < -0.39 is 17.5 Å². The van der Waals surface area contributed by atoms with Crippen molar-refractivity contribution in [1.29, 1.82) is 0 Å². The number of rotatable bonds is 5. The maximum absolute atomic E-state index is 12.2. The number of ketones is 1. The number of carbonyl (C=O) groups is 2. The number of Topliss-reactive ketones (excluding diaryl/α,β-unsaturated/α-hetero) is 1. The highest BCUT2D eigenvalue weighted by molar-refractivity contribution is 6.65. The van der Waals surface area contributed by atoms with Crippen LogP contribution in [0.25, 0.3) is 11.6 Å². The van der Waals surface area contributed by atoms with Gasteiger partial charge in [-0.3, -0.25) is 4.79 Å². The fourth-order valence-corrected chi connectivity index (χ4v) is 1.53. The van der Waals surface area contributed by atoms with Gasteiger partial charge in [-0.05, 0) is 19.4 Å². The average Bonchev–Trinajstić information content (AvgIpc) is 2.40. The van der Waals surface area contributed by atoms with Crippen molar-refractivity contribution < 1.29 is 19.1 Å². The minimum Gasteiger partial charge on any atom is -0.457 e. The van der Waals surface area contributed by atoms with Gasteiger partial charge in [0.05, 0.1) is 6.61 Å². The summed E-state index contributed by atoms with van der Waals surface area (Å²) < 4.78 is 4.67. The van der Waals surface area contributed by atoms with Crippen molar-refractivity contribution in [2.24, 2.45) is 0 Å². The molecule has 0 amide bonds. The number of hydrogen-bond donors (Lipinski definition) is 0. The van der Waals surface area contributed by atoms with Crippen molar-refractivity contribution in [3.05, 3.63) is 47.0 Å². The summed E-state index contributed by atoms with van der Waals surface area (Å²) in [5, 5.41) is 0. The molecule has 0 saturated carbocycles. The van der Waals surface area contributed by atoms with E-state index >= 15 is 0 Å². The van der Waals surface area contributed by atoms with E-state index in [1.165, 1.54) is 0 Å². The van der Waals surface area contributed by atoms with Gasteiger partial charge in [-0.2, -0.15) is 4.79 Å². The molecule has 0 N–H and O–H groups in total. The molecular weight excluding hydrogens is 244 g/mol. The van der Waals surface area contributed by atoms with Crippen LogP contribution in [0.1, 0.15) is 29.8 Å². The topological polar surface area (TPSA) is 79.8 Å². The van der Waals surface area contributed by atoms with Gasteiger partial charge in [0, 0.05) is 5.56 Å². The summed E-state index contributed by atoms with van der Waals surface area (Å²) in [5.74, 6) is -1.61. The zero-order chi connectivity index (χ0) is 14.3. The number of carbonyl (C=O) groups excluding carboxylic acids is 2. The van der Waals surface area contributed by atoms with Crippen molar-refractivity contribution in [3.63, 3.8) is 0 Å². The van der Waals surface area contributed by atoms with Crippen LogP contribution in [-0.4, -0.2) is 28.9 Å². The van der Waals surface area contributed by atoms with E-state index in [1.807, 2.05) is 6.92 Å². The first-order chi connectivity index (χ1) is 9.15. The highest BCUT2D eigenvalue weighted by atomic mass is 16.5. The third-order valence-electron chi connectivity index (χ3n) is 2.34. The van der Waals surface area contributed by atoms with Crippen molar-refractivity contribution in [3.8, 4) is 0 Å². The van der Waals surface area contributed by atoms with Gasteiger partial charge in [-0.15, -0.1) is 0 Å². The molecule has 5 heteroatoms. The van der Waals surface area contributed by atoms with Gasteiger partial charge < -0.3 is 10.3 Å². The van der Waals surface area contributed by atoms with Crippen LogP contribution in [0.5, 0.6) is 0 Å². The molecule has 5 nitrogen and oxygen atoms in total. The summed E-state index contributed by atoms with van der Waals surface area (Å²) in [5.41, 5.74) is 9.12. The van der Waals surface area contributed by atoms with Crippen LogP contribution < -0.4 is 0 Å². The van der Waals surface area contributed by atoms with Crippen LogP contribution >= 0.6 is 0 Å². The molecule has 0 heterocycles. The third kappa shape index (κ3) is 3.47. The van der Waals surface area contributed by atoms with Gasteiger partial charge in [0.15, 0.2) is 0 Å². The number of ether oxygens (including phenoxy) is 1. The molecule has 1 aromatic carbocycles. The molecule has 19 heavy (non-hydrogen) atoms. The number of allylic oxidation sites excluding steroid dienone is 1. The lowest BCUT2D eigenvalue weighted by molar-refractivity contribution is -0.139. The Morgan fingerprint density at radius 3 is 2.63 bits per heavy atom. The second kappa shape index (κ2) is 7.03. The predicted octanol–water partition coefficient (Wildman–Crippen LogP) is 2.14. The lowest BCUT2D eigenvalue weighted by Gasteiger charge is -2.02. The van der Waals surface area contributed by atoms with Crippen LogP contribution in [0.15, 0.2) is 30.3 Å². The van der Waals surface area contributed by atoms with Gasteiger partial charge in [-0.25, -0.2) is 4.79 Å². The van der Waals surface area contributed by atoms with E-state index in [0.717, 1.165) is 0 Å². The van der Waals surface area contributed by atoms with Gasteiger partial charge >= 0.3 is 11.7 Å². The molecule has 0 saturated heterocycles. The predicted molar refractivity (Wildman–Crippen MR) is 70.7 cm³/mol. The molecule has 0 atom stereocenters. The third-order valence-corrected chi connectivity index (χ3v) is 2.34. The maximum atomic E-state index is 12.2. The summed E-state index contributed by atoms with van der Waals surface area (Å²) in [7, 11) is 0. The summed E-state index contributed by atoms with van der Waals surface area (Å²) in [6.45, 7) is 3.51. The summed E-state index contributed by atoms with van der Waals surface area (Å²) in [4.78, 5) is 26.4. The van der Waals surface area contributed by atoms with Crippen LogP contribution in [0, 0.1) is 0 Å². The van der Waals surface area contributed by atoms with E-state index in [-0.39, 0.29) is 12.2 Å². The molecule has 0 radical (unpaired) electrons. The standard InChI is InChI=1S/C14H14N2O3/c1-3-7-10-8-5-6-9-11(10)13(17)12(16-15)14(18)19-4-2/h3,5-9H,4H2,1-2H3/b7-3-. The molecule has 0 spiro atoms. The summed E-state index contributed by atoms with van der Waals surface area (Å²) in [6.07, 6.45) is 3.50. The molecule has 0 fully saturated rings. The zero-order valence-electron chi connectivity index (χ0n) is 10.8. The first-order valence-electron chi connectivity index (χ1n) is 5.81. The largest absolute Gasteiger partial charge is 0.457 e. The van der Waals surface area contributed by atoms with Crippen LogP contribution in [0.3, 0.4) is 0 Å². The number of hydrogen-bond acceptors (Lipinski definition) is 3. The first kappa shape index (κ1) is 14.5. The molecule has 1 rings (SSSR count). The van der Waals surface area contributed by atoms with Crippen molar-refractivity contribution in [2.75, 3.05) is 6.61 Å². The van der Waals surface area contributed by atoms with Crippen LogP contribution in [-0.2, 0) is 9.53 Å². The smallest absolute Gasteiger partial charge is 0.446 e. The highest BCUT2D eigenvalue weighted by Gasteiger charge is 2.32. The molecule has 0 bridgehead atoms. The molecule has 1 aromatic rings. The SMILES string of the molecule is C/C=C\c1ccccc1C(=O)C(=[N+]=[N-])C(=O)OCC. The average molecular weight is 258 g/mol. The molecule has 0 unspecified atom stereocenters. The Hall–Kier alpha value is -2.52. The Morgan fingerprint density at radius 1 is 1.37 bits per heavy atom. The second-order valence-electron chi connectivity index (χ2n) is 3.59. The first-order valence-corrected chi connectivity index (χ1v) is 5.81. The minimum absolute atomic E-state index is 0.0989.